The van der Waals surface area contributed by atoms with Gasteiger partial charge in [-0.2, -0.15) is 13.9 Å². The summed E-state index contributed by atoms with van der Waals surface area (Å²) in [5.74, 6) is 0.127. The first-order valence-electron chi connectivity index (χ1n) is 10.9. The topological polar surface area (TPSA) is 51.3 Å². The lowest BCUT2D eigenvalue weighted by atomic mass is 10.2. The predicted molar refractivity (Wildman–Crippen MR) is 125 cm³/mol. The van der Waals surface area contributed by atoms with Crippen molar-refractivity contribution < 1.29 is 18.3 Å². The molecule has 0 amide bonds. The normalized spacial score (nSPS) is 17.3. The van der Waals surface area contributed by atoms with E-state index in [0.29, 0.717) is 6.04 Å². The maximum atomic E-state index is 12.5. The Bertz CT molecular complexity index is 1160. The van der Waals surface area contributed by atoms with E-state index < -0.39 is 6.61 Å². The molecule has 2 fully saturated rings. The van der Waals surface area contributed by atoms with Gasteiger partial charge in [-0.25, -0.2) is 4.68 Å². The van der Waals surface area contributed by atoms with E-state index in [1.54, 1.807) is 12.1 Å². The summed E-state index contributed by atoms with van der Waals surface area (Å²) < 4.78 is 36.6. The first kappa shape index (κ1) is 21.8. The molecule has 1 saturated carbocycles. The number of anilines is 1. The number of rotatable bonds is 7. The summed E-state index contributed by atoms with van der Waals surface area (Å²) in [5, 5.41) is 6.72. The van der Waals surface area contributed by atoms with Gasteiger partial charge in [0.05, 0.1) is 31.2 Å². The van der Waals surface area contributed by atoms with Crippen molar-refractivity contribution in [2.24, 2.45) is 10.1 Å². The van der Waals surface area contributed by atoms with Gasteiger partial charge in [-0.1, -0.05) is 12.1 Å². The highest BCUT2D eigenvalue weighted by Crippen LogP contribution is 2.26. The van der Waals surface area contributed by atoms with Crippen molar-refractivity contribution in [3.8, 4) is 17.0 Å². The molecule has 0 atom stereocenters. The van der Waals surface area contributed by atoms with Crippen molar-refractivity contribution in [1.29, 1.82) is 0 Å². The molecule has 1 aromatic heterocycles. The van der Waals surface area contributed by atoms with E-state index in [-0.39, 0.29) is 5.75 Å². The molecule has 2 aromatic carbocycles. The summed E-state index contributed by atoms with van der Waals surface area (Å²) in [5.41, 5.74) is 3.86. The minimum atomic E-state index is -2.84. The van der Waals surface area contributed by atoms with Crippen molar-refractivity contribution >= 4 is 23.2 Å². The second-order valence-corrected chi connectivity index (χ2v) is 8.75. The number of hydrogen-bond acceptors (Lipinski definition) is 6. The van der Waals surface area contributed by atoms with Crippen molar-refractivity contribution in [1.82, 2.24) is 4.68 Å². The Kier molecular flexibility index (Phi) is 6.50. The molecule has 0 spiro atoms. The second-order valence-electron chi connectivity index (χ2n) is 7.91. The van der Waals surface area contributed by atoms with Crippen molar-refractivity contribution in [3.05, 3.63) is 64.3 Å². The van der Waals surface area contributed by atoms with Gasteiger partial charge in [0.2, 0.25) is 4.80 Å². The summed E-state index contributed by atoms with van der Waals surface area (Å²) in [7, 11) is 0. The second kappa shape index (κ2) is 9.84. The fraction of sp³-hybridized carbons (Fsp3) is 0.333. The number of nitrogens with zero attached hydrogens (tertiary/aromatic N) is 4. The lowest BCUT2D eigenvalue weighted by Crippen LogP contribution is -2.36. The largest absolute Gasteiger partial charge is 0.435 e. The van der Waals surface area contributed by atoms with E-state index in [4.69, 9.17) is 14.8 Å². The lowest BCUT2D eigenvalue weighted by Gasteiger charge is -2.28. The number of hydrogen-bond donors (Lipinski definition) is 0. The van der Waals surface area contributed by atoms with Crippen LogP contribution in [0.4, 0.5) is 14.5 Å². The zero-order chi connectivity index (χ0) is 22.6. The third kappa shape index (κ3) is 5.48. The van der Waals surface area contributed by atoms with Crippen LogP contribution in [0.15, 0.2) is 64.0 Å². The molecule has 1 saturated heterocycles. The third-order valence-corrected chi connectivity index (χ3v) is 6.32. The minimum absolute atomic E-state index is 0.127. The molecule has 33 heavy (non-hydrogen) atoms. The Balaban J connectivity index is 1.40. The van der Waals surface area contributed by atoms with Crippen LogP contribution in [0.3, 0.4) is 0 Å². The van der Waals surface area contributed by atoms with Gasteiger partial charge in [-0.05, 0) is 54.8 Å². The Morgan fingerprint density at radius 1 is 1.03 bits per heavy atom. The molecular formula is C24H24F2N4O2S. The number of halogens is 2. The highest BCUT2D eigenvalue weighted by atomic mass is 32.1. The van der Waals surface area contributed by atoms with Crippen LogP contribution >= 0.6 is 11.3 Å². The average molecular weight is 471 g/mol. The summed E-state index contributed by atoms with van der Waals surface area (Å²) in [6.07, 6.45) is 4.01. The van der Waals surface area contributed by atoms with Gasteiger partial charge in [-0.15, -0.1) is 11.3 Å². The molecule has 0 unspecified atom stereocenters. The van der Waals surface area contributed by atoms with Gasteiger partial charge in [0, 0.05) is 29.7 Å². The van der Waals surface area contributed by atoms with Crippen LogP contribution in [0.5, 0.6) is 5.75 Å². The van der Waals surface area contributed by atoms with E-state index in [1.165, 1.54) is 29.2 Å². The minimum Gasteiger partial charge on any atom is -0.435 e. The Hall–Kier alpha value is -3.04. The van der Waals surface area contributed by atoms with Gasteiger partial charge in [0.25, 0.3) is 0 Å². The fourth-order valence-electron chi connectivity index (χ4n) is 3.58. The van der Waals surface area contributed by atoms with Gasteiger partial charge in [0.1, 0.15) is 5.75 Å². The molecule has 0 bridgehead atoms. The van der Waals surface area contributed by atoms with Crippen molar-refractivity contribution in [2.45, 2.75) is 25.5 Å². The Morgan fingerprint density at radius 2 is 1.76 bits per heavy atom. The van der Waals surface area contributed by atoms with E-state index in [9.17, 15) is 8.78 Å². The molecule has 0 N–H and O–H groups in total. The molecule has 1 aliphatic heterocycles. The molecule has 2 aliphatic rings. The maximum absolute atomic E-state index is 12.5. The number of benzene rings is 2. The number of ether oxygens (including phenoxy) is 2. The van der Waals surface area contributed by atoms with Gasteiger partial charge in [-0.3, -0.25) is 4.99 Å². The summed E-state index contributed by atoms with van der Waals surface area (Å²) in [6, 6.07) is 15.2. The van der Waals surface area contributed by atoms with Crippen molar-refractivity contribution in [2.75, 3.05) is 31.2 Å². The van der Waals surface area contributed by atoms with E-state index in [1.807, 2.05) is 16.3 Å². The summed E-state index contributed by atoms with van der Waals surface area (Å²) in [6.45, 7) is 0.459. The number of morpholine rings is 1. The summed E-state index contributed by atoms with van der Waals surface area (Å²) in [4.78, 5) is 7.92. The van der Waals surface area contributed by atoms with Crippen LogP contribution in [-0.4, -0.2) is 49.8 Å². The van der Waals surface area contributed by atoms with Gasteiger partial charge in [0.15, 0.2) is 0 Å². The van der Waals surface area contributed by atoms with E-state index in [2.05, 4.69) is 33.9 Å². The third-order valence-electron chi connectivity index (χ3n) is 5.49. The highest BCUT2D eigenvalue weighted by Gasteiger charge is 2.21. The number of alkyl halides is 2. The Morgan fingerprint density at radius 3 is 2.42 bits per heavy atom. The van der Waals surface area contributed by atoms with Crippen LogP contribution in [-0.2, 0) is 4.74 Å². The maximum Gasteiger partial charge on any atom is 0.387 e. The monoisotopic (exact) mass is 470 g/mol. The first-order valence-corrected chi connectivity index (χ1v) is 11.8. The summed E-state index contributed by atoms with van der Waals surface area (Å²) >= 11 is 1.52. The van der Waals surface area contributed by atoms with Gasteiger partial charge < -0.3 is 14.4 Å². The molecule has 172 valence electrons. The highest BCUT2D eigenvalue weighted by molar-refractivity contribution is 7.07. The lowest BCUT2D eigenvalue weighted by molar-refractivity contribution is -0.0498. The molecule has 0 radical (unpaired) electrons. The van der Waals surface area contributed by atoms with E-state index >= 15 is 0 Å². The molecular weight excluding hydrogens is 446 g/mol. The van der Waals surface area contributed by atoms with Crippen molar-refractivity contribution in [3.63, 3.8) is 0 Å². The van der Waals surface area contributed by atoms with Crippen LogP contribution in [0.1, 0.15) is 18.4 Å². The zero-order valence-electron chi connectivity index (χ0n) is 17.9. The number of thiazole rings is 1. The van der Waals surface area contributed by atoms with Crippen LogP contribution in [0.2, 0.25) is 0 Å². The SMILES string of the molecule is FC(F)Oc1ccc(-c2csc(=NC3CC3)n2/N=C/c2ccc(N3CCOCC3)cc2)cc1. The van der Waals surface area contributed by atoms with E-state index in [0.717, 1.165) is 60.8 Å². The van der Waals surface area contributed by atoms with Crippen LogP contribution < -0.4 is 14.4 Å². The predicted octanol–water partition coefficient (Wildman–Crippen LogP) is 4.60. The molecule has 3 aromatic rings. The van der Waals surface area contributed by atoms with Gasteiger partial charge >= 0.3 is 6.61 Å². The quantitative estimate of drug-likeness (QED) is 0.475. The molecule has 9 heteroatoms. The smallest absolute Gasteiger partial charge is 0.387 e. The number of aromatic nitrogens is 1. The van der Waals surface area contributed by atoms with Crippen LogP contribution in [0, 0.1) is 0 Å². The average Bonchev–Trinajstić information content (AvgIpc) is 3.57. The van der Waals surface area contributed by atoms with Crippen LogP contribution in [0.25, 0.3) is 11.3 Å². The molecule has 2 heterocycles. The first-order chi connectivity index (χ1) is 16.2. The fourth-order valence-corrected chi connectivity index (χ4v) is 4.49. The zero-order valence-corrected chi connectivity index (χ0v) is 18.8. The molecule has 1 aliphatic carbocycles. The molecule has 5 rings (SSSR count). The Labute approximate surface area is 194 Å². The standard InChI is InChI=1S/C24H24F2N4O2S/c25-23(26)32-21-9-3-18(4-10-21)22-16-33-24(28-19-5-6-19)30(22)27-15-17-1-7-20(8-2-17)29-11-13-31-14-12-29/h1-4,7-10,15-16,19,23H,5-6,11-14H2/b27-15+,28-24?. The molecule has 6 nitrogen and oxygen atoms in total.